The Morgan fingerprint density at radius 3 is 2.57 bits per heavy atom. The van der Waals surface area contributed by atoms with Gasteiger partial charge in [-0.05, 0) is 36.7 Å². The Balaban J connectivity index is 1.95. The van der Waals surface area contributed by atoms with Gasteiger partial charge in [0.15, 0.2) is 11.5 Å². The SMILES string of the molecule is CCNC(c1ccc2c(c1)OCCO2)c1ncc(C)cn1. The second-order valence-electron chi connectivity index (χ2n) is 5.01. The molecule has 0 fully saturated rings. The third kappa shape index (κ3) is 2.97. The molecule has 1 aliphatic heterocycles. The summed E-state index contributed by atoms with van der Waals surface area (Å²) in [6.07, 6.45) is 3.68. The molecular formula is C16H19N3O2. The van der Waals surface area contributed by atoms with E-state index in [1.807, 2.05) is 37.5 Å². The van der Waals surface area contributed by atoms with Gasteiger partial charge < -0.3 is 14.8 Å². The van der Waals surface area contributed by atoms with Crippen molar-refractivity contribution in [1.29, 1.82) is 0 Å². The van der Waals surface area contributed by atoms with E-state index in [0.29, 0.717) is 13.2 Å². The Labute approximate surface area is 124 Å². The molecule has 3 rings (SSSR count). The first kappa shape index (κ1) is 13.8. The Hall–Kier alpha value is -2.14. The number of rotatable bonds is 4. The van der Waals surface area contributed by atoms with Crippen LogP contribution in [0.25, 0.3) is 0 Å². The van der Waals surface area contributed by atoms with Gasteiger partial charge in [-0.1, -0.05) is 13.0 Å². The van der Waals surface area contributed by atoms with Crippen molar-refractivity contribution in [2.24, 2.45) is 0 Å². The molecule has 0 radical (unpaired) electrons. The first-order valence-corrected chi connectivity index (χ1v) is 7.19. The molecule has 0 saturated carbocycles. The van der Waals surface area contributed by atoms with Crippen LogP contribution in [-0.2, 0) is 0 Å². The minimum atomic E-state index is -0.0496. The number of benzene rings is 1. The number of aromatic nitrogens is 2. The highest BCUT2D eigenvalue weighted by Crippen LogP contribution is 2.33. The predicted molar refractivity (Wildman–Crippen MR) is 79.7 cm³/mol. The summed E-state index contributed by atoms with van der Waals surface area (Å²) in [5.74, 6) is 2.35. The maximum absolute atomic E-state index is 5.65. The Morgan fingerprint density at radius 1 is 1.14 bits per heavy atom. The zero-order chi connectivity index (χ0) is 14.7. The average molecular weight is 285 g/mol. The molecule has 110 valence electrons. The summed E-state index contributed by atoms with van der Waals surface area (Å²) < 4.78 is 11.2. The predicted octanol–water partition coefficient (Wildman–Crippen LogP) is 2.26. The Morgan fingerprint density at radius 2 is 1.86 bits per heavy atom. The first-order valence-electron chi connectivity index (χ1n) is 7.19. The molecule has 2 aromatic rings. The van der Waals surface area contributed by atoms with Crippen LogP contribution in [0.15, 0.2) is 30.6 Å². The molecule has 1 unspecified atom stereocenters. The number of fused-ring (bicyclic) bond motifs is 1. The smallest absolute Gasteiger partial charge is 0.161 e. The summed E-state index contributed by atoms with van der Waals surface area (Å²) in [7, 11) is 0. The van der Waals surface area contributed by atoms with Gasteiger partial charge >= 0.3 is 0 Å². The fourth-order valence-electron chi connectivity index (χ4n) is 2.35. The summed E-state index contributed by atoms with van der Waals surface area (Å²) >= 11 is 0. The van der Waals surface area contributed by atoms with Crippen molar-refractivity contribution >= 4 is 0 Å². The van der Waals surface area contributed by atoms with Gasteiger partial charge in [-0.25, -0.2) is 9.97 Å². The number of nitrogens with zero attached hydrogens (tertiary/aromatic N) is 2. The van der Waals surface area contributed by atoms with E-state index in [1.54, 1.807) is 0 Å². The van der Waals surface area contributed by atoms with Crippen LogP contribution in [0.1, 0.15) is 29.9 Å². The monoisotopic (exact) mass is 285 g/mol. The van der Waals surface area contributed by atoms with Crippen LogP contribution >= 0.6 is 0 Å². The van der Waals surface area contributed by atoms with E-state index in [4.69, 9.17) is 9.47 Å². The van der Waals surface area contributed by atoms with E-state index >= 15 is 0 Å². The Kier molecular flexibility index (Phi) is 4.01. The molecule has 5 nitrogen and oxygen atoms in total. The molecule has 0 saturated heterocycles. The van der Waals surface area contributed by atoms with E-state index in [0.717, 1.165) is 35.0 Å². The summed E-state index contributed by atoms with van der Waals surface area (Å²) in [5.41, 5.74) is 2.13. The zero-order valence-corrected chi connectivity index (χ0v) is 12.3. The lowest BCUT2D eigenvalue weighted by Gasteiger charge is -2.22. The minimum Gasteiger partial charge on any atom is -0.486 e. The lowest BCUT2D eigenvalue weighted by atomic mass is 10.0. The quantitative estimate of drug-likeness (QED) is 0.933. The molecule has 0 aliphatic carbocycles. The molecule has 1 aromatic carbocycles. The van der Waals surface area contributed by atoms with Gasteiger partial charge in [-0.3, -0.25) is 0 Å². The van der Waals surface area contributed by atoms with E-state index in [9.17, 15) is 0 Å². The van der Waals surface area contributed by atoms with Crippen molar-refractivity contribution in [3.63, 3.8) is 0 Å². The summed E-state index contributed by atoms with van der Waals surface area (Å²) in [5, 5.41) is 3.42. The van der Waals surface area contributed by atoms with Gasteiger partial charge in [-0.15, -0.1) is 0 Å². The van der Waals surface area contributed by atoms with Crippen molar-refractivity contribution in [2.75, 3.05) is 19.8 Å². The molecule has 1 aromatic heterocycles. The molecule has 21 heavy (non-hydrogen) atoms. The molecular weight excluding hydrogens is 266 g/mol. The fourth-order valence-corrected chi connectivity index (χ4v) is 2.35. The maximum atomic E-state index is 5.65. The van der Waals surface area contributed by atoms with Crippen molar-refractivity contribution in [3.8, 4) is 11.5 Å². The van der Waals surface area contributed by atoms with Crippen LogP contribution < -0.4 is 14.8 Å². The third-order valence-corrected chi connectivity index (χ3v) is 3.37. The summed E-state index contributed by atoms with van der Waals surface area (Å²) in [6.45, 7) is 6.07. The van der Waals surface area contributed by atoms with Crippen LogP contribution in [0.4, 0.5) is 0 Å². The molecule has 0 spiro atoms. The molecule has 1 atom stereocenters. The summed E-state index contributed by atoms with van der Waals surface area (Å²) in [6, 6.07) is 5.93. The number of aryl methyl sites for hydroxylation is 1. The highest BCUT2D eigenvalue weighted by atomic mass is 16.6. The van der Waals surface area contributed by atoms with Gasteiger partial charge in [0.2, 0.25) is 0 Å². The average Bonchev–Trinajstić information content (AvgIpc) is 2.53. The molecule has 5 heteroatoms. The minimum absolute atomic E-state index is 0.0496. The van der Waals surface area contributed by atoms with Crippen LogP contribution in [0.3, 0.4) is 0 Å². The molecule has 0 bridgehead atoms. The van der Waals surface area contributed by atoms with Gasteiger partial charge in [0.05, 0.1) is 6.04 Å². The van der Waals surface area contributed by atoms with E-state index < -0.39 is 0 Å². The van der Waals surface area contributed by atoms with Crippen molar-refractivity contribution in [2.45, 2.75) is 19.9 Å². The number of nitrogens with one attached hydrogen (secondary N) is 1. The van der Waals surface area contributed by atoms with Crippen LogP contribution in [0.2, 0.25) is 0 Å². The Bertz CT molecular complexity index is 613. The van der Waals surface area contributed by atoms with E-state index in [-0.39, 0.29) is 6.04 Å². The number of ether oxygens (including phenoxy) is 2. The largest absolute Gasteiger partial charge is 0.486 e. The second kappa shape index (κ2) is 6.10. The molecule has 2 heterocycles. The highest BCUT2D eigenvalue weighted by Gasteiger charge is 2.19. The highest BCUT2D eigenvalue weighted by molar-refractivity contribution is 5.45. The lowest BCUT2D eigenvalue weighted by molar-refractivity contribution is 0.171. The van der Waals surface area contributed by atoms with Crippen molar-refractivity contribution < 1.29 is 9.47 Å². The number of hydrogen-bond acceptors (Lipinski definition) is 5. The molecule has 0 amide bonds. The third-order valence-electron chi connectivity index (χ3n) is 3.37. The standard InChI is InChI=1S/C16H19N3O2/c1-3-17-15(16-18-9-11(2)10-19-16)12-4-5-13-14(8-12)21-7-6-20-13/h4-5,8-10,15,17H,3,6-7H2,1-2H3. The first-order chi connectivity index (χ1) is 10.3. The van der Waals surface area contributed by atoms with E-state index in [2.05, 4.69) is 22.2 Å². The summed E-state index contributed by atoms with van der Waals surface area (Å²) in [4.78, 5) is 8.88. The second-order valence-corrected chi connectivity index (χ2v) is 5.01. The van der Waals surface area contributed by atoms with Gasteiger partial charge in [-0.2, -0.15) is 0 Å². The van der Waals surface area contributed by atoms with E-state index in [1.165, 1.54) is 0 Å². The van der Waals surface area contributed by atoms with Gasteiger partial charge in [0.1, 0.15) is 19.0 Å². The van der Waals surface area contributed by atoms with Crippen molar-refractivity contribution in [3.05, 3.63) is 47.5 Å². The maximum Gasteiger partial charge on any atom is 0.161 e. The molecule has 1 aliphatic rings. The number of hydrogen-bond donors (Lipinski definition) is 1. The zero-order valence-electron chi connectivity index (χ0n) is 12.3. The van der Waals surface area contributed by atoms with Crippen LogP contribution in [-0.4, -0.2) is 29.7 Å². The normalized spacial score (nSPS) is 14.8. The van der Waals surface area contributed by atoms with Gasteiger partial charge in [0.25, 0.3) is 0 Å². The van der Waals surface area contributed by atoms with Crippen LogP contribution in [0.5, 0.6) is 11.5 Å². The topological polar surface area (TPSA) is 56.3 Å². The lowest BCUT2D eigenvalue weighted by Crippen LogP contribution is -2.24. The molecule has 1 N–H and O–H groups in total. The van der Waals surface area contributed by atoms with Crippen molar-refractivity contribution in [1.82, 2.24) is 15.3 Å². The van der Waals surface area contributed by atoms with Crippen LogP contribution in [0, 0.1) is 6.92 Å². The fraction of sp³-hybridized carbons (Fsp3) is 0.375. The van der Waals surface area contributed by atoms with Gasteiger partial charge in [0, 0.05) is 12.4 Å².